The van der Waals surface area contributed by atoms with Gasteiger partial charge in [-0.25, -0.2) is 0 Å². The molecule has 1 saturated heterocycles. The van der Waals surface area contributed by atoms with Gasteiger partial charge in [-0.1, -0.05) is 18.2 Å². The molecule has 0 spiro atoms. The number of benzene rings is 1. The number of nitrogens with zero attached hydrogens (tertiary/aromatic N) is 1. The molecule has 0 saturated carbocycles. The zero-order chi connectivity index (χ0) is 11.9. The summed E-state index contributed by atoms with van der Waals surface area (Å²) in [6, 6.07) is 8.62. The number of likely N-dealkylation sites (N-methyl/N-ethyl adjacent to an activating group) is 1. The van der Waals surface area contributed by atoms with E-state index in [-0.39, 0.29) is 6.04 Å². The van der Waals surface area contributed by atoms with Gasteiger partial charge in [0.05, 0.1) is 11.6 Å². The molecule has 0 bridgehead atoms. The normalized spacial score (nSPS) is 33.2. The zero-order valence-corrected chi connectivity index (χ0v) is 10.3. The van der Waals surface area contributed by atoms with Gasteiger partial charge in [-0.3, -0.25) is 0 Å². The molecule has 2 heterocycles. The van der Waals surface area contributed by atoms with Gasteiger partial charge in [0.2, 0.25) is 0 Å². The van der Waals surface area contributed by atoms with E-state index in [9.17, 15) is 5.11 Å². The average Bonchev–Trinajstić information content (AvgIpc) is 2.70. The van der Waals surface area contributed by atoms with E-state index in [2.05, 4.69) is 41.5 Å². The molecular formula is C14H20N2O. The number of fused-ring (bicyclic) bond motifs is 1. The monoisotopic (exact) mass is 232 g/mol. The fraction of sp³-hybridized carbons (Fsp3) is 0.571. The van der Waals surface area contributed by atoms with E-state index in [0.29, 0.717) is 0 Å². The zero-order valence-electron chi connectivity index (χ0n) is 10.3. The first-order valence-corrected chi connectivity index (χ1v) is 6.43. The van der Waals surface area contributed by atoms with Gasteiger partial charge in [-0.2, -0.15) is 0 Å². The lowest BCUT2D eigenvalue weighted by Crippen LogP contribution is -2.50. The summed E-state index contributed by atoms with van der Waals surface area (Å²) in [5.74, 6) is 0. The number of hydrogen-bond donors (Lipinski definition) is 2. The van der Waals surface area contributed by atoms with Crippen molar-refractivity contribution in [2.75, 3.05) is 25.5 Å². The van der Waals surface area contributed by atoms with Crippen molar-refractivity contribution in [3.63, 3.8) is 0 Å². The Kier molecular flexibility index (Phi) is 2.60. The Balaban J connectivity index is 1.80. The van der Waals surface area contributed by atoms with Crippen LogP contribution in [0.3, 0.4) is 0 Å². The highest BCUT2D eigenvalue weighted by Gasteiger charge is 2.42. The molecule has 0 aromatic heterocycles. The maximum atomic E-state index is 10.7. The Hall–Kier alpha value is -1.06. The summed E-state index contributed by atoms with van der Waals surface area (Å²) in [6.45, 7) is 1.78. The molecule has 1 aromatic rings. The van der Waals surface area contributed by atoms with E-state index in [1.54, 1.807) is 0 Å². The summed E-state index contributed by atoms with van der Waals surface area (Å²) < 4.78 is 0. The Labute approximate surface area is 102 Å². The lowest BCUT2D eigenvalue weighted by atomic mass is 9.85. The van der Waals surface area contributed by atoms with E-state index in [1.807, 2.05) is 0 Å². The van der Waals surface area contributed by atoms with E-state index in [1.165, 1.54) is 11.3 Å². The third-order valence-corrected chi connectivity index (χ3v) is 4.17. The molecule has 0 aliphatic carbocycles. The maximum Gasteiger partial charge on any atom is 0.0985 e. The van der Waals surface area contributed by atoms with Crippen LogP contribution in [0.25, 0.3) is 0 Å². The first-order chi connectivity index (χ1) is 8.17. The van der Waals surface area contributed by atoms with Gasteiger partial charge < -0.3 is 15.3 Å². The van der Waals surface area contributed by atoms with Crippen LogP contribution in [0, 0.1) is 0 Å². The molecule has 2 unspecified atom stereocenters. The minimum absolute atomic E-state index is 0.197. The van der Waals surface area contributed by atoms with Gasteiger partial charge in [0.15, 0.2) is 0 Å². The van der Waals surface area contributed by atoms with Crippen molar-refractivity contribution in [3.05, 3.63) is 29.8 Å². The number of anilines is 1. The Bertz CT molecular complexity index is 420. The number of aliphatic hydroxyl groups is 1. The van der Waals surface area contributed by atoms with Crippen LogP contribution in [-0.2, 0) is 6.42 Å². The van der Waals surface area contributed by atoms with Crippen LogP contribution < -0.4 is 5.32 Å². The third kappa shape index (κ3) is 1.94. The number of β-amino-alcohol motifs (C(OH)–C–C–N with tert-alkyl or cyclic N) is 1. The average molecular weight is 232 g/mol. The summed E-state index contributed by atoms with van der Waals surface area (Å²) in [7, 11) is 2.08. The van der Waals surface area contributed by atoms with E-state index < -0.39 is 5.60 Å². The molecule has 1 aromatic carbocycles. The largest absolute Gasteiger partial charge is 0.386 e. The molecular weight excluding hydrogens is 212 g/mol. The van der Waals surface area contributed by atoms with Crippen LogP contribution in [0.15, 0.2) is 24.3 Å². The molecule has 2 atom stereocenters. The van der Waals surface area contributed by atoms with Crippen molar-refractivity contribution in [3.8, 4) is 0 Å². The lowest BCUT2D eigenvalue weighted by molar-refractivity contribution is 0.0287. The maximum absolute atomic E-state index is 10.7. The van der Waals surface area contributed by atoms with Crippen LogP contribution in [0.2, 0.25) is 0 Å². The van der Waals surface area contributed by atoms with Crippen LogP contribution in [0.4, 0.5) is 5.69 Å². The minimum Gasteiger partial charge on any atom is -0.386 e. The molecule has 0 amide bonds. The van der Waals surface area contributed by atoms with Gasteiger partial charge in [0.25, 0.3) is 0 Å². The topological polar surface area (TPSA) is 35.5 Å². The van der Waals surface area contributed by atoms with Crippen molar-refractivity contribution in [1.82, 2.24) is 4.90 Å². The van der Waals surface area contributed by atoms with Crippen LogP contribution in [0.5, 0.6) is 0 Å². The fourth-order valence-corrected chi connectivity index (χ4v) is 3.14. The molecule has 3 rings (SSSR count). The smallest absolute Gasteiger partial charge is 0.0985 e. The Morgan fingerprint density at radius 2 is 2.24 bits per heavy atom. The standard InChI is InChI=1S/C14H20N2O/c1-16-9-8-14(17,10-16)13-7-6-11-4-2-3-5-12(11)15-13/h2-5,13,15,17H,6-10H2,1H3. The molecule has 17 heavy (non-hydrogen) atoms. The SMILES string of the molecule is CN1CCC(O)(C2CCc3ccccc3N2)C1. The van der Waals surface area contributed by atoms with Crippen LogP contribution in [0.1, 0.15) is 18.4 Å². The van der Waals surface area contributed by atoms with Crippen molar-refractivity contribution in [2.24, 2.45) is 0 Å². The molecule has 3 heteroatoms. The van der Waals surface area contributed by atoms with Crippen molar-refractivity contribution >= 4 is 5.69 Å². The highest BCUT2D eigenvalue weighted by Crippen LogP contribution is 2.33. The number of nitrogens with one attached hydrogen (secondary N) is 1. The molecule has 2 aliphatic heterocycles. The summed E-state index contributed by atoms with van der Waals surface area (Å²) in [6.07, 6.45) is 2.98. The predicted octanol–water partition coefficient (Wildman–Crippen LogP) is 1.48. The number of hydrogen-bond acceptors (Lipinski definition) is 3. The summed E-state index contributed by atoms with van der Waals surface area (Å²) in [5.41, 5.74) is 2.02. The Morgan fingerprint density at radius 1 is 1.41 bits per heavy atom. The first-order valence-electron chi connectivity index (χ1n) is 6.43. The van der Waals surface area contributed by atoms with Crippen LogP contribution in [-0.4, -0.2) is 41.8 Å². The fourth-order valence-electron chi connectivity index (χ4n) is 3.14. The predicted molar refractivity (Wildman–Crippen MR) is 69.2 cm³/mol. The third-order valence-electron chi connectivity index (χ3n) is 4.17. The molecule has 0 radical (unpaired) electrons. The number of para-hydroxylation sites is 1. The number of aryl methyl sites for hydroxylation is 1. The molecule has 2 N–H and O–H groups in total. The van der Waals surface area contributed by atoms with Gasteiger partial charge in [0.1, 0.15) is 0 Å². The Morgan fingerprint density at radius 3 is 3.00 bits per heavy atom. The second-order valence-electron chi connectivity index (χ2n) is 5.48. The molecule has 2 aliphatic rings. The summed E-state index contributed by atoms with van der Waals surface area (Å²) >= 11 is 0. The van der Waals surface area contributed by atoms with Crippen molar-refractivity contribution < 1.29 is 5.11 Å². The lowest BCUT2D eigenvalue weighted by Gasteiger charge is -2.37. The van der Waals surface area contributed by atoms with Gasteiger partial charge in [-0.05, 0) is 37.9 Å². The summed E-state index contributed by atoms with van der Waals surface area (Å²) in [4.78, 5) is 2.21. The number of rotatable bonds is 1. The van der Waals surface area contributed by atoms with Crippen LogP contribution >= 0.6 is 0 Å². The van der Waals surface area contributed by atoms with E-state index in [4.69, 9.17) is 0 Å². The first kappa shape index (κ1) is 11.1. The van der Waals surface area contributed by atoms with Gasteiger partial charge >= 0.3 is 0 Å². The molecule has 92 valence electrons. The summed E-state index contributed by atoms with van der Waals surface area (Å²) in [5, 5.41) is 14.2. The number of likely N-dealkylation sites (tertiary alicyclic amines) is 1. The highest BCUT2D eigenvalue weighted by molar-refractivity contribution is 5.54. The quantitative estimate of drug-likeness (QED) is 0.770. The van der Waals surface area contributed by atoms with Crippen molar-refractivity contribution in [2.45, 2.75) is 30.9 Å². The van der Waals surface area contributed by atoms with Crippen molar-refractivity contribution in [1.29, 1.82) is 0 Å². The second-order valence-corrected chi connectivity index (χ2v) is 5.48. The minimum atomic E-state index is -0.553. The molecule has 3 nitrogen and oxygen atoms in total. The van der Waals surface area contributed by atoms with E-state index >= 15 is 0 Å². The highest BCUT2D eigenvalue weighted by atomic mass is 16.3. The van der Waals surface area contributed by atoms with Gasteiger partial charge in [0, 0.05) is 18.8 Å². The molecule has 1 fully saturated rings. The van der Waals surface area contributed by atoms with Gasteiger partial charge in [-0.15, -0.1) is 0 Å². The second kappa shape index (κ2) is 4.00. The van der Waals surface area contributed by atoms with E-state index in [0.717, 1.165) is 32.4 Å².